The molecule has 3 aromatic heterocycles. The Labute approximate surface area is 190 Å². The molecule has 9 nitrogen and oxygen atoms in total. The predicted octanol–water partition coefficient (Wildman–Crippen LogP) is 3.40. The van der Waals surface area contributed by atoms with E-state index in [4.69, 9.17) is 13.9 Å². The maximum absolute atomic E-state index is 13.3. The van der Waals surface area contributed by atoms with Crippen LogP contribution in [-0.2, 0) is 17.8 Å². The van der Waals surface area contributed by atoms with Gasteiger partial charge in [-0.25, -0.2) is 4.68 Å². The van der Waals surface area contributed by atoms with Crippen LogP contribution in [0.25, 0.3) is 16.6 Å². The predicted molar refractivity (Wildman–Crippen MR) is 124 cm³/mol. The average molecular weight is 453 g/mol. The smallest absolute Gasteiger partial charge is 0.291 e. The Hall–Kier alpha value is -3.75. The van der Waals surface area contributed by atoms with Crippen molar-refractivity contribution in [2.45, 2.75) is 46.2 Å². The number of hydrogen-bond donors (Lipinski definition) is 1. The Morgan fingerprint density at radius 2 is 1.88 bits per heavy atom. The Morgan fingerprint density at radius 3 is 2.55 bits per heavy atom. The van der Waals surface area contributed by atoms with Crippen LogP contribution >= 0.6 is 0 Å². The summed E-state index contributed by atoms with van der Waals surface area (Å²) in [6.07, 6.45) is 1.01. The van der Waals surface area contributed by atoms with Crippen LogP contribution in [0.1, 0.15) is 43.5 Å². The van der Waals surface area contributed by atoms with E-state index in [1.807, 2.05) is 43.4 Å². The fourth-order valence-electron chi connectivity index (χ4n) is 4.09. The van der Waals surface area contributed by atoms with Crippen LogP contribution in [0.2, 0.25) is 0 Å². The molecule has 0 saturated carbocycles. The molecule has 1 N–H and O–H groups in total. The van der Waals surface area contributed by atoms with Gasteiger partial charge in [0.1, 0.15) is 23.1 Å². The number of nitrogens with zero attached hydrogens (tertiary/aromatic N) is 3. The zero-order chi connectivity index (χ0) is 23.7. The van der Waals surface area contributed by atoms with E-state index in [9.17, 15) is 9.59 Å². The molecule has 0 saturated heterocycles. The third kappa shape index (κ3) is 3.94. The summed E-state index contributed by atoms with van der Waals surface area (Å²) < 4.78 is 19.4. The summed E-state index contributed by atoms with van der Waals surface area (Å²) >= 11 is 0. The molecule has 4 aromatic rings. The van der Waals surface area contributed by atoms with Gasteiger partial charge in [0.05, 0.1) is 19.7 Å². The van der Waals surface area contributed by atoms with Gasteiger partial charge in [0.15, 0.2) is 17.1 Å². The van der Waals surface area contributed by atoms with E-state index in [1.165, 1.54) is 4.68 Å². The molecule has 4 rings (SSSR count). The number of aromatic nitrogens is 3. The van der Waals surface area contributed by atoms with E-state index in [0.717, 1.165) is 16.8 Å². The SMILES string of the molecule is CCc1nn([C@@H](CC)C(=O)NCc2ccc(OC)c(OC)c2)c(=O)c2cc3oc(C)cc3n12. The van der Waals surface area contributed by atoms with Crippen LogP contribution < -0.4 is 20.3 Å². The lowest BCUT2D eigenvalue weighted by Crippen LogP contribution is -2.39. The Balaban J connectivity index is 1.65. The number of aryl methyl sites for hydroxylation is 2. The first-order valence-electron chi connectivity index (χ1n) is 10.9. The fourth-order valence-corrected chi connectivity index (χ4v) is 4.09. The van der Waals surface area contributed by atoms with Crippen LogP contribution in [0.3, 0.4) is 0 Å². The molecule has 1 aromatic carbocycles. The quantitative estimate of drug-likeness (QED) is 0.440. The number of carbonyl (C=O) groups excluding carboxylic acids is 1. The molecular formula is C24H28N4O5. The summed E-state index contributed by atoms with van der Waals surface area (Å²) in [6, 6.07) is 8.32. The Kier molecular flexibility index (Phi) is 6.13. The lowest BCUT2D eigenvalue weighted by molar-refractivity contribution is -0.125. The van der Waals surface area contributed by atoms with Crippen molar-refractivity contribution in [2.75, 3.05) is 14.2 Å². The third-order valence-corrected chi connectivity index (χ3v) is 5.74. The maximum atomic E-state index is 13.3. The van der Waals surface area contributed by atoms with Crippen LogP contribution in [0.15, 0.2) is 39.5 Å². The molecule has 0 aliphatic heterocycles. The van der Waals surface area contributed by atoms with Crippen molar-refractivity contribution >= 4 is 22.5 Å². The Morgan fingerprint density at radius 1 is 1.12 bits per heavy atom. The summed E-state index contributed by atoms with van der Waals surface area (Å²) in [4.78, 5) is 26.4. The molecular weight excluding hydrogens is 424 g/mol. The molecule has 0 fully saturated rings. The fraction of sp³-hybridized carbons (Fsp3) is 0.375. The van der Waals surface area contributed by atoms with Gasteiger partial charge in [-0.3, -0.25) is 14.0 Å². The van der Waals surface area contributed by atoms with Gasteiger partial charge in [-0.1, -0.05) is 19.9 Å². The standard InChI is InChI=1S/C24H28N4O5/c1-6-16(23(29)25-13-15-8-9-19(31-4)21(11-15)32-5)28-24(30)18-12-20-17(10-14(3)33-20)27(18)22(7-2)26-28/h8-12,16H,6-7,13H2,1-5H3,(H,25,29)/t16-/m0/s1. The number of rotatable bonds is 8. The molecule has 0 radical (unpaired) electrons. The van der Waals surface area contributed by atoms with E-state index in [0.29, 0.717) is 41.3 Å². The number of nitrogens with one attached hydrogen (secondary N) is 1. The van der Waals surface area contributed by atoms with Crippen molar-refractivity contribution in [3.8, 4) is 11.5 Å². The summed E-state index contributed by atoms with van der Waals surface area (Å²) in [5, 5.41) is 7.49. The van der Waals surface area contributed by atoms with Crippen molar-refractivity contribution < 1.29 is 18.7 Å². The second-order valence-electron chi connectivity index (χ2n) is 7.82. The number of methoxy groups -OCH3 is 2. The van der Waals surface area contributed by atoms with E-state index < -0.39 is 6.04 Å². The number of ether oxygens (including phenoxy) is 2. The Bertz CT molecular complexity index is 1380. The number of furan rings is 1. The van der Waals surface area contributed by atoms with Crippen molar-refractivity contribution in [2.24, 2.45) is 0 Å². The van der Waals surface area contributed by atoms with E-state index in [1.54, 1.807) is 26.4 Å². The molecule has 9 heteroatoms. The summed E-state index contributed by atoms with van der Waals surface area (Å²) in [5.74, 6) is 2.37. The van der Waals surface area contributed by atoms with Gasteiger partial charge < -0.3 is 19.2 Å². The van der Waals surface area contributed by atoms with Crippen molar-refractivity contribution in [1.82, 2.24) is 19.5 Å². The zero-order valence-corrected chi connectivity index (χ0v) is 19.5. The van der Waals surface area contributed by atoms with Gasteiger partial charge in [0.2, 0.25) is 5.91 Å². The molecule has 0 aliphatic rings. The zero-order valence-electron chi connectivity index (χ0n) is 19.5. The lowest BCUT2D eigenvalue weighted by Gasteiger charge is -2.19. The lowest BCUT2D eigenvalue weighted by atomic mass is 10.1. The van der Waals surface area contributed by atoms with E-state index in [2.05, 4.69) is 10.4 Å². The topological polar surface area (TPSA) is 100 Å². The molecule has 1 amide bonds. The summed E-state index contributed by atoms with van der Waals surface area (Å²) in [6.45, 7) is 5.97. The minimum atomic E-state index is -0.740. The maximum Gasteiger partial charge on any atom is 0.291 e. The highest BCUT2D eigenvalue weighted by Gasteiger charge is 2.24. The normalized spacial score (nSPS) is 12.3. The van der Waals surface area contributed by atoms with Crippen LogP contribution in [0.5, 0.6) is 11.5 Å². The first kappa shape index (κ1) is 22.4. The van der Waals surface area contributed by atoms with Gasteiger partial charge in [0, 0.05) is 25.1 Å². The van der Waals surface area contributed by atoms with Crippen LogP contribution in [0, 0.1) is 6.92 Å². The molecule has 0 spiro atoms. The van der Waals surface area contributed by atoms with Gasteiger partial charge in [0.25, 0.3) is 5.56 Å². The number of carbonyl (C=O) groups is 1. The molecule has 3 heterocycles. The summed E-state index contributed by atoms with van der Waals surface area (Å²) in [5.41, 5.74) is 2.40. The van der Waals surface area contributed by atoms with Gasteiger partial charge in [-0.15, -0.1) is 0 Å². The number of amides is 1. The molecule has 0 aliphatic carbocycles. The van der Waals surface area contributed by atoms with Crippen LogP contribution in [0.4, 0.5) is 0 Å². The monoisotopic (exact) mass is 452 g/mol. The first-order chi connectivity index (χ1) is 15.9. The third-order valence-electron chi connectivity index (χ3n) is 5.74. The largest absolute Gasteiger partial charge is 0.493 e. The van der Waals surface area contributed by atoms with Gasteiger partial charge in [-0.05, 0) is 31.0 Å². The minimum absolute atomic E-state index is 0.278. The summed E-state index contributed by atoms with van der Waals surface area (Å²) in [7, 11) is 3.13. The highest BCUT2D eigenvalue weighted by molar-refractivity contribution is 5.84. The highest BCUT2D eigenvalue weighted by Crippen LogP contribution is 2.27. The van der Waals surface area contributed by atoms with Gasteiger partial charge >= 0.3 is 0 Å². The number of benzene rings is 1. The second kappa shape index (κ2) is 9.01. The molecule has 174 valence electrons. The highest BCUT2D eigenvalue weighted by atomic mass is 16.5. The van der Waals surface area contributed by atoms with E-state index >= 15 is 0 Å². The van der Waals surface area contributed by atoms with E-state index in [-0.39, 0.29) is 18.0 Å². The average Bonchev–Trinajstić information content (AvgIpc) is 3.35. The molecule has 33 heavy (non-hydrogen) atoms. The number of fused-ring (bicyclic) bond motifs is 3. The van der Waals surface area contributed by atoms with Gasteiger partial charge in [-0.2, -0.15) is 5.10 Å². The van der Waals surface area contributed by atoms with Crippen molar-refractivity contribution in [1.29, 1.82) is 0 Å². The molecule has 0 unspecified atom stereocenters. The molecule has 0 bridgehead atoms. The second-order valence-corrected chi connectivity index (χ2v) is 7.82. The van der Waals surface area contributed by atoms with Crippen molar-refractivity contribution in [3.63, 3.8) is 0 Å². The van der Waals surface area contributed by atoms with Crippen molar-refractivity contribution in [3.05, 3.63) is 57.8 Å². The van der Waals surface area contributed by atoms with Crippen LogP contribution in [-0.4, -0.2) is 34.3 Å². The minimum Gasteiger partial charge on any atom is -0.493 e. The first-order valence-corrected chi connectivity index (χ1v) is 10.9. The molecule has 1 atom stereocenters. The number of hydrogen-bond acceptors (Lipinski definition) is 6.